The van der Waals surface area contributed by atoms with Crippen molar-refractivity contribution in [1.82, 2.24) is 24.6 Å². The molecule has 0 saturated heterocycles. The van der Waals surface area contributed by atoms with E-state index in [2.05, 4.69) is 45.3 Å². The largest absolute Gasteiger partial charge is 0.495 e. The number of nitrogens with zero attached hydrogens (tertiary/aromatic N) is 4. The molecule has 1 aliphatic rings. The van der Waals surface area contributed by atoms with Crippen LogP contribution in [0.1, 0.15) is 5.69 Å². The molecule has 3 heterocycles. The van der Waals surface area contributed by atoms with Gasteiger partial charge in [0.2, 0.25) is 0 Å². The second-order valence-electron chi connectivity index (χ2n) is 6.79. The molecule has 6 nitrogen and oxygen atoms in total. The van der Waals surface area contributed by atoms with Gasteiger partial charge in [-0.1, -0.05) is 36.4 Å². The Morgan fingerprint density at radius 2 is 1.93 bits per heavy atom. The van der Waals surface area contributed by atoms with Crippen LogP contribution in [0.5, 0.6) is 5.75 Å². The van der Waals surface area contributed by atoms with E-state index in [1.54, 1.807) is 13.3 Å². The number of hydrogen-bond donors (Lipinski definition) is 1. The van der Waals surface area contributed by atoms with Crippen molar-refractivity contribution in [1.29, 1.82) is 0 Å². The number of ether oxygens (including phenoxy) is 1. The van der Waals surface area contributed by atoms with Gasteiger partial charge in [-0.2, -0.15) is 5.10 Å². The zero-order valence-corrected chi connectivity index (χ0v) is 15.7. The number of hydrogen-bond acceptors (Lipinski definition) is 4. The predicted octanol–water partition coefficient (Wildman–Crippen LogP) is 3.51. The number of methoxy groups -OCH3 is 1. The Kier molecular flexibility index (Phi) is 4.18. The van der Waals surface area contributed by atoms with Crippen LogP contribution in [-0.2, 0) is 13.1 Å². The Bertz CT molecular complexity index is 1090. The number of nitrogens with one attached hydrogen (secondary N) is 1. The normalized spacial score (nSPS) is 13.3. The van der Waals surface area contributed by atoms with E-state index in [4.69, 9.17) is 9.84 Å². The first-order valence-electron chi connectivity index (χ1n) is 9.38. The lowest BCUT2D eigenvalue weighted by atomic mass is 10.0. The summed E-state index contributed by atoms with van der Waals surface area (Å²) in [6.45, 7) is 2.65. The number of benzene rings is 2. The molecule has 140 valence electrons. The van der Waals surface area contributed by atoms with Gasteiger partial charge in [-0.05, 0) is 29.3 Å². The fraction of sp³-hybridized carbons (Fsp3) is 0.182. The second-order valence-corrected chi connectivity index (χ2v) is 6.79. The molecule has 0 saturated carbocycles. The van der Waals surface area contributed by atoms with Crippen molar-refractivity contribution in [3.63, 3.8) is 0 Å². The van der Waals surface area contributed by atoms with E-state index in [-0.39, 0.29) is 0 Å². The highest BCUT2D eigenvalue weighted by Crippen LogP contribution is 2.32. The average molecular weight is 371 g/mol. The van der Waals surface area contributed by atoms with Gasteiger partial charge >= 0.3 is 0 Å². The summed E-state index contributed by atoms with van der Waals surface area (Å²) in [5.74, 6) is 1.61. The molecular weight excluding hydrogens is 350 g/mol. The van der Waals surface area contributed by atoms with Crippen LogP contribution in [0.25, 0.3) is 28.3 Å². The molecule has 0 unspecified atom stereocenters. The minimum atomic E-state index is 0.796. The van der Waals surface area contributed by atoms with Gasteiger partial charge in [0, 0.05) is 25.5 Å². The Hall–Kier alpha value is -3.38. The van der Waals surface area contributed by atoms with E-state index >= 15 is 0 Å². The van der Waals surface area contributed by atoms with E-state index in [1.807, 2.05) is 35.0 Å². The van der Waals surface area contributed by atoms with Crippen molar-refractivity contribution < 1.29 is 4.74 Å². The zero-order valence-electron chi connectivity index (χ0n) is 15.7. The van der Waals surface area contributed by atoms with Crippen molar-refractivity contribution >= 4 is 0 Å². The molecule has 2 aromatic heterocycles. The van der Waals surface area contributed by atoms with Gasteiger partial charge in [-0.15, -0.1) is 0 Å². The van der Waals surface area contributed by atoms with Crippen LogP contribution in [0.15, 0.2) is 67.0 Å². The molecule has 0 amide bonds. The lowest BCUT2D eigenvalue weighted by molar-refractivity contribution is 0.413. The van der Waals surface area contributed by atoms with Gasteiger partial charge in [-0.25, -0.2) is 4.98 Å². The van der Waals surface area contributed by atoms with Crippen LogP contribution in [0.4, 0.5) is 0 Å². The molecule has 5 rings (SSSR count). The average Bonchev–Trinajstić information content (AvgIpc) is 3.40. The molecule has 0 spiro atoms. The molecule has 0 aliphatic carbocycles. The molecule has 1 N–H and O–H groups in total. The van der Waals surface area contributed by atoms with E-state index < -0.39 is 0 Å². The van der Waals surface area contributed by atoms with Crippen LogP contribution >= 0.6 is 0 Å². The fourth-order valence-corrected chi connectivity index (χ4v) is 3.68. The highest BCUT2D eigenvalue weighted by Gasteiger charge is 2.18. The van der Waals surface area contributed by atoms with Gasteiger partial charge < -0.3 is 10.1 Å². The summed E-state index contributed by atoms with van der Waals surface area (Å²) in [5, 5.41) is 8.15. The lowest BCUT2D eigenvalue weighted by Gasteiger charge is -2.14. The van der Waals surface area contributed by atoms with Gasteiger partial charge in [0.1, 0.15) is 11.4 Å². The SMILES string of the molecule is COc1ccc(-c2ccccc2)cc1-n1ccnc1-c1cc2n(n1)CCNC2. The Morgan fingerprint density at radius 3 is 2.75 bits per heavy atom. The highest BCUT2D eigenvalue weighted by molar-refractivity contribution is 5.70. The van der Waals surface area contributed by atoms with Crippen molar-refractivity contribution in [2.45, 2.75) is 13.1 Å². The third-order valence-corrected chi connectivity index (χ3v) is 5.09. The summed E-state index contributed by atoms with van der Waals surface area (Å²) in [6.07, 6.45) is 3.76. The number of imidazole rings is 1. The van der Waals surface area contributed by atoms with Crippen molar-refractivity contribution in [3.8, 4) is 34.1 Å². The first kappa shape index (κ1) is 16.8. The molecular formula is C22H21N5O. The Labute approximate surface area is 163 Å². The van der Waals surface area contributed by atoms with E-state index in [0.29, 0.717) is 0 Å². The monoisotopic (exact) mass is 371 g/mol. The van der Waals surface area contributed by atoms with Crippen LogP contribution in [-0.4, -0.2) is 33.0 Å². The van der Waals surface area contributed by atoms with Gasteiger partial charge in [0.25, 0.3) is 0 Å². The fourth-order valence-electron chi connectivity index (χ4n) is 3.68. The molecule has 6 heteroatoms. The van der Waals surface area contributed by atoms with Crippen LogP contribution in [0.2, 0.25) is 0 Å². The van der Waals surface area contributed by atoms with E-state index in [9.17, 15) is 0 Å². The summed E-state index contributed by atoms with van der Waals surface area (Å²) >= 11 is 0. The Balaban J connectivity index is 1.62. The van der Waals surface area contributed by atoms with Crippen molar-refractivity contribution in [2.75, 3.05) is 13.7 Å². The summed E-state index contributed by atoms with van der Waals surface area (Å²) in [6, 6.07) is 18.7. The quantitative estimate of drug-likeness (QED) is 0.596. The van der Waals surface area contributed by atoms with E-state index in [0.717, 1.165) is 53.7 Å². The van der Waals surface area contributed by atoms with Gasteiger partial charge in [-0.3, -0.25) is 9.25 Å². The molecule has 0 atom stereocenters. The topological polar surface area (TPSA) is 56.9 Å². The summed E-state index contributed by atoms with van der Waals surface area (Å²) in [5.41, 5.74) is 5.29. The minimum Gasteiger partial charge on any atom is -0.495 e. The van der Waals surface area contributed by atoms with Crippen LogP contribution in [0.3, 0.4) is 0 Å². The number of fused-ring (bicyclic) bond motifs is 1. The molecule has 4 aromatic rings. The predicted molar refractivity (Wildman–Crippen MR) is 108 cm³/mol. The third kappa shape index (κ3) is 2.88. The molecule has 0 fully saturated rings. The third-order valence-electron chi connectivity index (χ3n) is 5.09. The molecule has 28 heavy (non-hydrogen) atoms. The number of aromatic nitrogens is 4. The highest BCUT2D eigenvalue weighted by atomic mass is 16.5. The van der Waals surface area contributed by atoms with Gasteiger partial charge in [0.05, 0.1) is 25.0 Å². The minimum absolute atomic E-state index is 0.796. The summed E-state index contributed by atoms with van der Waals surface area (Å²) < 4.78 is 9.75. The second kappa shape index (κ2) is 6.98. The summed E-state index contributed by atoms with van der Waals surface area (Å²) in [7, 11) is 1.69. The maximum Gasteiger partial charge on any atom is 0.165 e. The standard InChI is InChI=1S/C22H21N5O/c1-28-21-8-7-17(16-5-3-2-4-6-16)13-20(21)26-11-10-24-22(26)19-14-18-15-23-9-12-27(18)25-19/h2-8,10-11,13-14,23H,9,12,15H2,1H3. The first-order valence-corrected chi connectivity index (χ1v) is 9.38. The van der Waals surface area contributed by atoms with Crippen molar-refractivity contribution in [2.24, 2.45) is 0 Å². The maximum atomic E-state index is 5.65. The van der Waals surface area contributed by atoms with Gasteiger partial charge in [0.15, 0.2) is 5.82 Å². The molecule has 0 radical (unpaired) electrons. The lowest BCUT2D eigenvalue weighted by Crippen LogP contribution is -2.28. The number of rotatable bonds is 4. The van der Waals surface area contributed by atoms with E-state index in [1.165, 1.54) is 5.69 Å². The zero-order chi connectivity index (χ0) is 18.9. The molecule has 0 bridgehead atoms. The smallest absolute Gasteiger partial charge is 0.165 e. The van der Waals surface area contributed by atoms with Crippen LogP contribution in [0, 0.1) is 0 Å². The van der Waals surface area contributed by atoms with Crippen molar-refractivity contribution in [3.05, 3.63) is 72.7 Å². The summed E-state index contributed by atoms with van der Waals surface area (Å²) in [4.78, 5) is 4.60. The first-order chi connectivity index (χ1) is 13.8. The molecule has 2 aromatic carbocycles. The maximum absolute atomic E-state index is 5.65. The molecule has 1 aliphatic heterocycles. The Morgan fingerprint density at radius 1 is 1.04 bits per heavy atom. The van der Waals surface area contributed by atoms with Crippen LogP contribution < -0.4 is 10.1 Å².